The summed E-state index contributed by atoms with van der Waals surface area (Å²) in [5.41, 5.74) is 1.36. The number of pyridine rings is 1. The van der Waals surface area contributed by atoms with Crippen LogP contribution in [0.4, 0.5) is 14.9 Å². The number of carbonyl (C=O) groups is 1. The van der Waals surface area contributed by atoms with E-state index in [1.807, 2.05) is 31.2 Å². The smallest absolute Gasteiger partial charge is 0.317 e. The Hall–Kier alpha value is -2.83. The lowest BCUT2D eigenvalue weighted by atomic mass is 10.2. The third kappa shape index (κ3) is 5.63. The van der Waals surface area contributed by atoms with Crippen LogP contribution in [-0.2, 0) is 6.54 Å². The quantitative estimate of drug-likeness (QED) is 0.722. The van der Waals surface area contributed by atoms with Gasteiger partial charge in [-0.25, -0.2) is 9.18 Å². The number of halogens is 1. The first-order chi connectivity index (χ1) is 12.1. The summed E-state index contributed by atoms with van der Waals surface area (Å²) in [7, 11) is 1.61. The fourth-order valence-electron chi connectivity index (χ4n) is 2.32. The number of nitrogens with one attached hydrogen (secondary N) is 2. The van der Waals surface area contributed by atoms with E-state index in [1.54, 1.807) is 18.1 Å². The van der Waals surface area contributed by atoms with Crippen LogP contribution < -0.4 is 15.4 Å². The van der Waals surface area contributed by atoms with Crippen molar-refractivity contribution in [2.45, 2.75) is 13.5 Å². The van der Waals surface area contributed by atoms with Gasteiger partial charge in [0, 0.05) is 32.4 Å². The van der Waals surface area contributed by atoms with Gasteiger partial charge in [0.05, 0.1) is 19.0 Å². The lowest BCUT2D eigenvalue weighted by Gasteiger charge is -2.22. The number of hydrogen-bond acceptors (Lipinski definition) is 4. The lowest BCUT2D eigenvalue weighted by molar-refractivity contribution is 0.198. The molecule has 0 radical (unpaired) electrons. The number of methoxy groups -OCH3 is 1. The van der Waals surface area contributed by atoms with Gasteiger partial charge in [-0.05, 0) is 30.7 Å². The SMILES string of the molecule is CCN(Cc1cccc(OC)c1)C(=O)NCCNc1ccncc1F. The van der Waals surface area contributed by atoms with Gasteiger partial charge in [-0.2, -0.15) is 0 Å². The van der Waals surface area contributed by atoms with E-state index in [0.29, 0.717) is 31.9 Å². The van der Waals surface area contributed by atoms with Gasteiger partial charge in [-0.1, -0.05) is 12.1 Å². The van der Waals surface area contributed by atoms with Crippen LogP contribution in [0.2, 0.25) is 0 Å². The molecule has 1 aromatic carbocycles. The molecule has 6 nitrogen and oxygen atoms in total. The second-order valence-electron chi connectivity index (χ2n) is 5.38. The van der Waals surface area contributed by atoms with Crippen molar-refractivity contribution in [3.8, 4) is 5.75 Å². The Balaban J connectivity index is 1.80. The van der Waals surface area contributed by atoms with Gasteiger partial charge in [0.25, 0.3) is 0 Å². The summed E-state index contributed by atoms with van der Waals surface area (Å²) in [5.74, 6) is 0.347. The summed E-state index contributed by atoms with van der Waals surface area (Å²) in [6.07, 6.45) is 2.66. The first kappa shape index (κ1) is 18.5. The Morgan fingerprint density at radius 2 is 2.16 bits per heavy atom. The van der Waals surface area contributed by atoms with E-state index < -0.39 is 5.82 Å². The summed E-state index contributed by atoms with van der Waals surface area (Å²) in [6.45, 7) is 3.80. The van der Waals surface area contributed by atoms with E-state index >= 15 is 0 Å². The molecule has 0 saturated heterocycles. The summed E-state index contributed by atoms with van der Waals surface area (Å²) in [5, 5.41) is 5.75. The molecule has 0 fully saturated rings. The van der Waals surface area contributed by atoms with Crippen LogP contribution in [0.1, 0.15) is 12.5 Å². The van der Waals surface area contributed by atoms with Crippen molar-refractivity contribution in [2.24, 2.45) is 0 Å². The number of ether oxygens (including phenoxy) is 1. The first-order valence-corrected chi connectivity index (χ1v) is 8.13. The second kappa shape index (κ2) is 9.46. The molecule has 0 bridgehead atoms. The Labute approximate surface area is 147 Å². The summed E-state index contributed by atoms with van der Waals surface area (Å²) >= 11 is 0. The van der Waals surface area contributed by atoms with Gasteiger partial charge in [0.2, 0.25) is 0 Å². The molecule has 1 aromatic heterocycles. The van der Waals surface area contributed by atoms with Crippen LogP contribution in [-0.4, -0.2) is 42.7 Å². The number of carbonyl (C=O) groups excluding carboxylic acids is 1. The third-order valence-electron chi connectivity index (χ3n) is 3.67. The molecule has 2 aromatic rings. The minimum absolute atomic E-state index is 0.165. The molecule has 25 heavy (non-hydrogen) atoms. The van der Waals surface area contributed by atoms with Crippen molar-refractivity contribution < 1.29 is 13.9 Å². The number of nitrogens with zero attached hydrogens (tertiary/aromatic N) is 2. The lowest BCUT2D eigenvalue weighted by Crippen LogP contribution is -2.41. The second-order valence-corrected chi connectivity index (χ2v) is 5.38. The van der Waals surface area contributed by atoms with Gasteiger partial charge in [0.15, 0.2) is 5.82 Å². The van der Waals surface area contributed by atoms with Crippen LogP contribution in [0.3, 0.4) is 0 Å². The number of urea groups is 1. The van der Waals surface area contributed by atoms with Gasteiger partial charge in [0.1, 0.15) is 5.75 Å². The summed E-state index contributed by atoms with van der Waals surface area (Å²) in [4.78, 5) is 17.7. The number of aromatic nitrogens is 1. The highest BCUT2D eigenvalue weighted by atomic mass is 19.1. The van der Waals surface area contributed by atoms with Crippen molar-refractivity contribution in [2.75, 3.05) is 32.1 Å². The maximum atomic E-state index is 13.4. The number of amides is 2. The van der Waals surface area contributed by atoms with E-state index in [0.717, 1.165) is 17.5 Å². The fourth-order valence-corrected chi connectivity index (χ4v) is 2.32. The Kier molecular flexibility index (Phi) is 7.00. The Morgan fingerprint density at radius 3 is 2.88 bits per heavy atom. The van der Waals surface area contributed by atoms with E-state index in [2.05, 4.69) is 15.6 Å². The molecule has 0 unspecified atom stereocenters. The standard InChI is InChI=1S/C18H23FN4O2/c1-3-23(13-14-5-4-6-15(11-14)25-2)18(24)22-10-9-21-17-7-8-20-12-16(17)19/h4-8,11-12H,3,9-10,13H2,1-2H3,(H,20,21)(H,22,24). The average molecular weight is 346 g/mol. The molecular formula is C18H23FN4O2. The topological polar surface area (TPSA) is 66.5 Å². The highest BCUT2D eigenvalue weighted by Crippen LogP contribution is 2.14. The maximum absolute atomic E-state index is 13.4. The summed E-state index contributed by atoms with van der Waals surface area (Å²) < 4.78 is 18.6. The van der Waals surface area contributed by atoms with Gasteiger partial charge in [-0.3, -0.25) is 4.98 Å². The number of rotatable bonds is 8. The average Bonchev–Trinajstić information content (AvgIpc) is 2.64. The van der Waals surface area contributed by atoms with Gasteiger partial charge in [-0.15, -0.1) is 0 Å². The minimum atomic E-state index is -0.415. The van der Waals surface area contributed by atoms with E-state index in [-0.39, 0.29) is 6.03 Å². The van der Waals surface area contributed by atoms with Gasteiger partial charge < -0.3 is 20.3 Å². The number of hydrogen-bond donors (Lipinski definition) is 2. The molecule has 0 aliphatic heterocycles. The molecule has 134 valence electrons. The fraction of sp³-hybridized carbons (Fsp3) is 0.333. The van der Waals surface area contributed by atoms with E-state index in [1.165, 1.54) is 6.20 Å². The molecular weight excluding hydrogens is 323 g/mol. The van der Waals surface area contributed by atoms with Crippen LogP contribution in [0.15, 0.2) is 42.7 Å². The zero-order valence-corrected chi connectivity index (χ0v) is 14.5. The molecule has 0 aliphatic rings. The zero-order chi connectivity index (χ0) is 18.1. The highest BCUT2D eigenvalue weighted by molar-refractivity contribution is 5.74. The van der Waals surface area contributed by atoms with E-state index in [9.17, 15) is 9.18 Å². The molecule has 1 heterocycles. The third-order valence-corrected chi connectivity index (χ3v) is 3.67. The Morgan fingerprint density at radius 1 is 1.32 bits per heavy atom. The Bertz CT molecular complexity index is 696. The molecule has 2 N–H and O–H groups in total. The number of anilines is 1. The normalized spacial score (nSPS) is 10.2. The molecule has 0 atom stereocenters. The molecule has 0 aliphatic carbocycles. The van der Waals surface area contributed by atoms with Crippen molar-refractivity contribution in [1.82, 2.24) is 15.2 Å². The van der Waals surface area contributed by atoms with Crippen LogP contribution in [0.25, 0.3) is 0 Å². The first-order valence-electron chi connectivity index (χ1n) is 8.13. The maximum Gasteiger partial charge on any atom is 0.317 e. The predicted octanol–water partition coefficient (Wildman–Crippen LogP) is 2.87. The van der Waals surface area contributed by atoms with Crippen molar-refractivity contribution in [3.05, 3.63) is 54.1 Å². The zero-order valence-electron chi connectivity index (χ0n) is 14.5. The van der Waals surface area contributed by atoms with Gasteiger partial charge >= 0.3 is 6.03 Å². The largest absolute Gasteiger partial charge is 0.497 e. The molecule has 2 amide bonds. The molecule has 0 saturated carbocycles. The highest BCUT2D eigenvalue weighted by Gasteiger charge is 2.12. The van der Waals surface area contributed by atoms with Crippen molar-refractivity contribution >= 4 is 11.7 Å². The van der Waals surface area contributed by atoms with Crippen molar-refractivity contribution in [3.63, 3.8) is 0 Å². The molecule has 2 rings (SSSR count). The summed E-state index contributed by atoms with van der Waals surface area (Å²) in [6, 6.07) is 9.01. The van der Waals surface area contributed by atoms with Crippen LogP contribution in [0, 0.1) is 5.82 Å². The molecule has 0 spiro atoms. The van der Waals surface area contributed by atoms with E-state index in [4.69, 9.17) is 4.74 Å². The van der Waals surface area contributed by atoms with Crippen LogP contribution in [0.5, 0.6) is 5.75 Å². The minimum Gasteiger partial charge on any atom is -0.497 e. The van der Waals surface area contributed by atoms with Crippen molar-refractivity contribution in [1.29, 1.82) is 0 Å². The van der Waals surface area contributed by atoms with Crippen LogP contribution >= 0.6 is 0 Å². The molecule has 7 heteroatoms. The number of benzene rings is 1. The predicted molar refractivity (Wildman–Crippen MR) is 95.2 cm³/mol. The monoisotopic (exact) mass is 346 g/mol.